The van der Waals surface area contributed by atoms with Crippen LogP contribution in [0.25, 0.3) is 0 Å². The van der Waals surface area contributed by atoms with E-state index in [-0.39, 0.29) is 17.5 Å². The van der Waals surface area contributed by atoms with Gasteiger partial charge in [-0.05, 0) is 37.0 Å². The lowest BCUT2D eigenvalue weighted by atomic mass is 9.81. The second-order valence-electron chi connectivity index (χ2n) is 4.78. The second-order valence-corrected chi connectivity index (χ2v) is 5.22. The van der Waals surface area contributed by atoms with Crippen molar-refractivity contribution in [2.75, 3.05) is 11.9 Å². The summed E-state index contributed by atoms with van der Waals surface area (Å²) >= 11 is 5.06. The van der Waals surface area contributed by atoms with Gasteiger partial charge in [-0.1, -0.05) is 38.2 Å². The Bertz CT molecular complexity index is 467. The highest BCUT2D eigenvalue weighted by molar-refractivity contribution is 7.80. The molecule has 0 bridgehead atoms. The van der Waals surface area contributed by atoms with Gasteiger partial charge in [0.25, 0.3) is 0 Å². The van der Waals surface area contributed by atoms with Crippen LogP contribution in [0.15, 0.2) is 24.3 Å². The van der Waals surface area contributed by atoms with Crippen molar-refractivity contribution in [3.05, 3.63) is 29.8 Å². The third kappa shape index (κ3) is 3.55. The first-order valence-corrected chi connectivity index (χ1v) is 7.22. The van der Waals surface area contributed by atoms with E-state index in [9.17, 15) is 4.79 Å². The van der Waals surface area contributed by atoms with Crippen molar-refractivity contribution in [3.63, 3.8) is 0 Å². The van der Waals surface area contributed by atoms with Crippen LogP contribution < -0.4 is 11.1 Å². The second kappa shape index (κ2) is 7.36. The van der Waals surface area contributed by atoms with Crippen LogP contribution in [0.5, 0.6) is 0 Å². The van der Waals surface area contributed by atoms with Crippen molar-refractivity contribution in [3.8, 4) is 0 Å². The average Bonchev–Trinajstić information content (AvgIpc) is 2.43. The predicted molar refractivity (Wildman–Crippen MR) is 85.7 cm³/mol. The van der Waals surface area contributed by atoms with E-state index < -0.39 is 5.41 Å². The van der Waals surface area contributed by atoms with Crippen molar-refractivity contribution in [2.45, 2.75) is 33.1 Å². The van der Waals surface area contributed by atoms with Gasteiger partial charge in [-0.15, -0.1) is 0 Å². The summed E-state index contributed by atoms with van der Waals surface area (Å²) < 4.78 is 0. The van der Waals surface area contributed by atoms with Crippen LogP contribution in [0.4, 0.5) is 5.69 Å². The number of rotatable bonds is 7. The summed E-state index contributed by atoms with van der Waals surface area (Å²) in [6, 6.07) is 7.40. The molecule has 20 heavy (non-hydrogen) atoms. The lowest BCUT2D eigenvalue weighted by Crippen LogP contribution is -2.45. The van der Waals surface area contributed by atoms with Crippen LogP contribution in [0.2, 0.25) is 0 Å². The summed E-state index contributed by atoms with van der Waals surface area (Å²) in [6.45, 7) is 3.93. The zero-order valence-corrected chi connectivity index (χ0v) is 12.8. The monoisotopic (exact) mass is 294 g/mol. The number of benzene rings is 1. The van der Waals surface area contributed by atoms with Gasteiger partial charge in [0, 0.05) is 12.3 Å². The van der Waals surface area contributed by atoms with Gasteiger partial charge in [0.2, 0.25) is 5.91 Å². The Hall–Kier alpha value is -1.46. The van der Waals surface area contributed by atoms with Gasteiger partial charge in [0.1, 0.15) is 0 Å². The molecule has 4 nitrogen and oxygen atoms in total. The average molecular weight is 294 g/mol. The molecular formula is C15H22N2O2S. The third-order valence-electron chi connectivity index (χ3n) is 3.73. The third-order valence-corrected chi connectivity index (χ3v) is 4.12. The van der Waals surface area contributed by atoms with Crippen molar-refractivity contribution >= 4 is 28.8 Å². The molecule has 0 saturated carbocycles. The lowest BCUT2D eigenvalue weighted by molar-refractivity contribution is -0.122. The molecule has 0 aliphatic heterocycles. The van der Waals surface area contributed by atoms with Crippen LogP contribution in [0, 0.1) is 5.41 Å². The molecule has 0 spiro atoms. The number of nitrogens with one attached hydrogen (secondary N) is 1. The maximum atomic E-state index is 12.4. The zero-order chi connectivity index (χ0) is 15.2. The molecular weight excluding hydrogens is 272 g/mol. The summed E-state index contributed by atoms with van der Waals surface area (Å²) in [6.07, 6.45) is 1.76. The quantitative estimate of drug-likeness (QED) is 0.674. The number of carbonyl (C=O) groups is 1. The Morgan fingerprint density at radius 2 is 1.85 bits per heavy atom. The summed E-state index contributed by atoms with van der Waals surface area (Å²) in [5.41, 5.74) is 6.69. The molecule has 1 aromatic carbocycles. The molecule has 0 heterocycles. The first-order valence-electron chi connectivity index (χ1n) is 6.81. The lowest BCUT2D eigenvalue weighted by Gasteiger charge is -2.28. The number of aliphatic hydroxyl groups excluding tert-OH is 1. The van der Waals surface area contributed by atoms with Crippen molar-refractivity contribution in [2.24, 2.45) is 11.1 Å². The van der Waals surface area contributed by atoms with Gasteiger partial charge in [0.05, 0.1) is 10.4 Å². The Kier molecular flexibility index (Phi) is 6.10. The fraction of sp³-hybridized carbons (Fsp3) is 0.467. The Balaban J connectivity index is 2.86. The maximum absolute atomic E-state index is 12.4. The largest absolute Gasteiger partial charge is 0.396 e. The fourth-order valence-electron chi connectivity index (χ4n) is 2.17. The first-order chi connectivity index (χ1) is 9.50. The van der Waals surface area contributed by atoms with Crippen molar-refractivity contribution < 1.29 is 9.90 Å². The van der Waals surface area contributed by atoms with Gasteiger partial charge >= 0.3 is 0 Å². The Labute approximate surface area is 125 Å². The van der Waals surface area contributed by atoms with Crippen molar-refractivity contribution in [1.82, 2.24) is 0 Å². The number of hydrogen-bond donors (Lipinski definition) is 3. The molecule has 1 amide bonds. The minimum Gasteiger partial charge on any atom is -0.396 e. The zero-order valence-electron chi connectivity index (χ0n) is 12.0. The number of hydrogen-bond acceptors (Lipinski definition) is 3. The molecule has 0 radical (unpaired) electrons. The van der Waals surface area contributed by atoms with E-state index in [0.717, 1.165) is 5.56 Å². The maximum Gasteiger partial charge on any atom is 0.237 e. The van der Waals surface area contributed by atoms with Gasteiger partial charge < -0.3 is 16.2 Å². The molecule has 5 heteroatoms. The molecule has 4 N–H and O–H groups in total. The van der Waals surface area contributed by atoms with Crippen LogP contribution >= 0.6 is 12.2 Å². The minimum absolute atomic E-state index is 0.113. The normalized spacial score (nSPS) is 11.2. The number of thiocarbonyl (C=S) groups is 1. The molecule has 0 atom stereocenters. The van der Waals surface area contributed by atoms with E-state index in [2.05, 4.69) is 5.32 Å². The van der Waals surface area contributed by atoms with Gasteiger partial charge in [0.15, 0.2) is 0 Å². The van der Waals surface area contributed by atoms with Crippen LogP contribution in [-0.4, -0.2) is 22.6 Å². The molecule has 110 valence electrons. The van der Waals surface area contributed by atoms with E-state index in [1.165, 1.54) is 0 Å². The van der Waals surface area contributed by atoms with Gasteiger partial charge in [-0.25, -0.2) is 0 Å². The van der Waals surface area contributed by atoms with Crippen LogP contribution in [0.3, 0.4) is 0 Å². The summed E-state index contributed by atoms with van der Waals surface area (Å²) in [5, 5.41) is 11.7. The molecule has 1 rings (SSSR count). The predicted octanol–water partition coefficient (Wildman–Crippen LogP) is 2.25. The van der Waals surface area contributed by atoms with E-state index in [0.29, 0.717) is 24.9 Å². The fourth-order valence-corrected chi connectivity index (χ4v) is 2.55. The van der Waals surface area contributed by atoms with Gasteiger partial charge in [-0.3, -0.25) is 4.79 Å². The van der Waals surface area contributed by atoms with E-state index in [1.807, 2.05) is 38.1 Å². The number of amides is 1. The van der Waals surface area contributed by atoms with Crippen molar-refractivity contribution in [1.29, 1.82) is 0 Å². The highest BCUT2D eigenvalue weighted by atomic mass is 32.1. The molecule has 0 saturated heterocycles. The molecule has 0 fully saturated rings. The molecule has 0 aliphatic rings. The summed E-state index contributed by atoms with van der Waals surface area (Å²) in [5.74, 6) is -0.162. The number of nitrogens with two attached hydrogens (primary N) is 1. The summed E-state index contributed by atoms with van der Waals surface area (Å²) in [7, 11) is 0. The van der Waals surface area contributed by atoms with Crippen LogP contribution in [0.1, 0.15) is 32.3 Å². The van der Waals surface area contributed by atoms with Gasteiger partial charge in [-0.2, -0.15) is 0 Å². The Morgan fingerprint density at radius 3 is 2.25 bits per heavy atom. The SMILES string of the molecule is CCC(CC)(C(=O)Nc1ccc(CCO)cc1)C(N)=S. The number of carbonyl (C=O) groups excluding carboxylic acids is 1. The van der Waals surface area contributed by atoms with E-state index in [1.54, 1.807) is 0 Å². The van der Waals surface area contributed by atoms with E-state index in [4.69, 9.17) is 23.1 Å². The van der Waals surface area contributed by atoms with E-state index >= 15 is 0 Å². The Morgan fingerprint density at radius 1 is 1.30 bits per heavy atom. The highest BCUT2D eigenvalue weighted by Gasteiger charge is 2.38. The van der Waals surface area contributed by atoms with Crippen LogP contribution in [-0.2, 0) is 11.2 Å². The molecule has 0 unspecified atom stereocenters. The molecule has 0 aromatic heterocycles. The topological polar surface area (TPSA) is 75.3 Å². The molecule has 0 aliphatic carbocycles. The summed E-state index contributed by atoms with van der Waals surface area (Å²) in [4.78, 5) is 12.7. The number of aliphatic hydroxyl groups is 1. The first kappa shape index (κ1) is 16.6. The standard InChI is InChI=1S/C15H22N2O2S/c1-3-15(4-2,13(16)20)14(19)17-12-7-5-11(6-8-12)9-10-18/h5-8,18H,3-4,9-10H2,1-2H3,(H2,16,20)(H,17,19). The number of anilines is 1. The molecule has 1 aromatic rings. The minimum atomic E-state index is -0.793. The smallest absolute Gasteiger partial charge is 0.237 e. The highest BCUT2D eigenvalue weighted by Crippen LogP contribution is 2.29.